The van der Waals surface area contributed by atoms with E-state index in [0.717, 1.165) is 25.7 Å². The molecule has 0 saturated heterocycles. The molecule has 1 aromatic carbocycles. The standard InChI is InChI=1S/C15H20O4/c16-11-5-3-1-2-4-6-12-19-14-9-7-13(8-10-14)15(17)18/h3,5,7-10,16H,1-2,4,6,11-12H2,(H,17,18). The first-order valence-electron chi connectivity index (χ1n) is 6.46. The van der Waals surface area contributed by atoms with Crippen LogP contribution in [0.25, 0.3) is 0 Å². The number of rotatable bonds is 9. The van der Waals surface area contributed by atoms with E-state index in [1.54, 1.807) is 18.2 Å². The summed E-state index contributed by atoms with van der Waals surface area (Å²) < 4.78 is 5.52. The quantitative estimate of drug-likeness (QED) is 0.531. The van der Waals surface area contributed by atoms with E-state index in [-0.39, 0.29) is 12.2 Å². The maximum absolute atomic E-state index is 10.7. The molecule has 4 heteroatoms. The van der Waals surface area contributed by atoms with Crippen LogP contribution in [-0.4, -0.2) is 29.4 Å². The number of allylic oxidation sites excluding steroid dienone is 1. The third kappa shape index (κ3) is 6.62. The fourth-order valence-electron chi connectivity index (χ4n) is 1.62. The zero-order chi connectivity index (χ0) is 13.9. The zero-order valence-electron chi connectivity index (χ0n) is 10.9. The Bertz CT molecular complexity index is 395. The first-order valence-corrected chi connectivity index (χ1v) is 6.46. The van der Waals surface area contributed by atoms with E-state index in [4.69, 9.17) is 14.9 Å². The Morgan fingerprint density at radius 3 is 2.47 bits per heavy atom. The van der Waals surface area contributed by atoms with Gasteiger partial charge in [-0.15, -0.1) is 0 Å². The summed E-state index contributed by atoms with van der Waals surface area (Å²) in [7, 11) is 0. The molecule has 0 radical (unpaired) electrons. The Morgan fingerprint density at radius 1 is 1.11 bits per heavy atom. The lowest BCUT2D eigenvalue weighted by Crippen LogP contribution is -1.99. The minimum Gasteiger partial charge on any atom is -0.494 e. The summed E-state index contributed by atoms with van der Waals surface area (Å²) in [6, 6.07) is 6.43. The van der Waals surface area contributed by atoms with Gasteiger partial charge in [0.1, 0.15) is 5.75 Å². The van der Waals surface area contributed by atoms with Gasteiger partial charge in [-0.2, -0.15) is 0 Å². The number of aromatic carboxylic acids is 1. The number of carboxylic acids is 1. The summed E-state index contributed by atoms with van der Waals surface area (Å²) in [5.41, 5.74) is 0.267. The first-order chi connectivity index (χ1) is 9.24. The van der Waals surface area contributed by atoms with Gasteiger partial charge in [0.05, 0.1) is 18.8 Å². The predicted molar refractivity (Wildman–Crippen MR) is 73.6 cm³/mol. The minimum absolute atomic E-state index is 0.107. The van der Waals surface area contributed by atoms with Crippen LogP contribution < -0.4 is 4.74 Å². The molecular formula is C15H20O4. The molecule has 0 spiro atoms. The molecule has 19 heavy (non-hydrogen) atoms. The molecule has 2 N–H and O–H groups in total. The zero-order valence-corrected chi connectivity index (χ0v) is 10.9. The van der Waals surface area contributed by atoms with Crippen LogP contribution in [0.1, 0.15) is 36.0 Å². The molecule has 0 unspecified atom stereocenters. The molecule has 0 aliphatic rings. The second-order valence-electron chi connectivity index (χ2n) is 4.18. The van der Waals surface area contributed by atoms with Crippen LogP contribution in [0.15, 0.2) is 36.4 Å². The van der Waals surface area contributed by atoms with Crippen molar-refractivity contribution in [3.63, 3.8) is 0 Å². The molecule has 0 aromatic heterocycles. The van der Waals surface area contributed by atoms with Gasteiger partial charge in [0, 0.05) is 0 Å². The van der Waals surface area contributed by atoms with Crippen molar-refractivity contribution in [1.29, 1.82) is 0 Å². The number of ether oxygens (including phenoxy) is 1. The Hall–Kier alpha value is -1.81. The summed E-state index contributed by atoms with van der Waals surface area (Å²) in [6.45, 7) is 0.742. The van der Waals surface area contributed by atoms with E-state index in [1.165, 1.54) is 12.1 Å². The lowest BCUT2D eigenvalue weighted by atomic mass is 10.2. The maximum Gasteiger partial charge on any atom is 0.335 e. The number of carboxylic acid groups (broad SMARTS) is 1. The smallest absolute Gasteiger partial charge is 0.335 e. The van der Waals surface area contributed by atoms with Crippen LogP contribution in [0.5, 0.6) is 5.75 Å². The topological polar surface area (TPSA) is 66.8 Å². The van der Waals surface area contributed by atoms with Crippen molar-refractivity contribution in [2.24, 2.45) is 0 Å². The molecular weight excluding hydrogens is 244 g/mol. The molecule has 0 aliphatic carbocycles. The fourth-order valence-corrected chi connectivity index (χ4v) is 1.62. The molecule has 4 nitrogen and oxygen atoms in total. The Kier molecular flexibility index (Phi) is 7.35. The van der Waals surface area contributed by atoms with Gasteiger partial charge in [0.25, 0.3) is 0 Å². The molecule has 0 bridgehead atoms. The fraction of sp³-hybridized carbons (Fsp3) is 0.400. The van der Waals surface area contributed by atoms with Crippen LogP contribution in [0, 0.1) is 0 Å². The Morgan fingerprint density at radius 2 is 1.84 bits per heavy atom. The van der Waals surface area contributed by atoms with Crippen molar-refractivity contribution >= 4 is 5.97 Å². The summed E-state index contributed by atoms with van der Waals surface area (Å²) >= 11 is 0. The average molecular weight is 264 g/mol. The SMILES string of the molecule is O=C(O)c1ccc(OCCCCCC=CCO)cc1. The number of benzene rings is 1. The lowest BCUT2D eigenvalue weighted by Gasteiger charge is -2.05. The summed E-state index contributed by atoms with van der Waals surface area (Å²) in [6.07, 6.45) is 7.83. The van der Waals surface area contributed by atoms with Gasteiger partial charge in [-0.3, -0.25) is 0 Å². The number of hydrogen-bond donors (Lipinski definition) is 2. The molecule has 0 atom stereocenters. The average Bonchev–Trinajstić information content (AvgIpc) is 2.42. The van der Waals surface area contributed by atoms with E-state index in [2.05, 4.69) is 0 Å². The number of carbonyl (C=O) groups is 1. The van der Waals surface area contributed by atoms with Gasteiger partial charge in [-0.05, 0) is 49.9 Å². The number of hydrogen-bond acceptors (Lipinski definition) is 3. The van der Waals surface area contributed by atoms with Gasteiger partial charge < -0.3 is 14.9 Å². The molecule has 1 rings (SSSR count). The van der Waals surface area contributed by atoms with Gasteiger partial charge in [-0.25, -0.2) is 4.79 Å². The second-order valence-corrected chi connectivity index (χ2v) is 4.18. The van der Waals surface area contributed by atoms with Crippen LogP contribution in [-0.2, 0) is 0 Å². The summed E-state index contributed by atoms with van der Waals surface area (Å²) in [5, 5.41) is 17.3. The summed E-state index contributed by atoms with van der Waals surface area (Å²) in [4.78, 5) is 10.7. The van der Waals surface area contributed by atoms with E-state index in [0.29, 0.717) is 12.4 Å². The second kappa shape index (κ2) is 9.16. The van der Waals surface area contributed by atoms with Gasteiger partial charge in [0.15, 0.2) is 0 Å². The van der Waals surface area contributed by atoms with Crippen molar-refractivity contribution in [1.82, 2.24) is 0 Å². The van der Waals surface area contributed by atoms with Gasteiger partial charge in [-0.1, -0.05) is 12.2 Å². The van der Waals surface area contributed by atoms with Crippen LogP contribution >= 0.6 is 0 Å². The van der Waals surface area contributed by atoms with Crippen LogP contribution in [0.3, 0.4) is 0 Å². The van der Waals surface area contributed by atoms with Crippen molar-refractivity contribution in [3.05, 3.63) is 42.0 Å². The Labute approximate surface area is 113 Å². The normalized spacial score (nSPS) is 10.8. The number of aliphatic hydroxyl groups excluding tert-OH is 1. The highest BCUT2D eigenvalue weighted by molar-refractivity contribution is 5.87. The van der Waals surface area contributed by atoms with Crippen LogP contribution in [0.4, 0.5) is 0 Å². The van der Waals surface area contributed by atoms with Crippen molar-refractivity contribution in [2.45, 2.75) is 25.7 Å². The molecule has 0 heterocycles. The minimum atomic E-state index is -0.928. The van der Waals surface area contributed by atoms with E-state index in [1.807, 2.05) is 6.08 Å². The highest BCUT2D eigenvalue weighted by Gasteiger charge is 2.01. The van der Waals surface area contributed by atoms with E-state index in [9.17, 15) is 4.79 Å². The van der Waals surface area contributed by atoms with Crippen molar-refractivity contribution in [3.8, 4) is 5.75 Å². The molecule has 104 valence electrons. The largest absolute Gasteiger partial charge is 0.494 e. The molecule has 1 aromatic rings. The Balaban J connectivity index is 2.12. The molecule has 0 aliphatic heterocycles. The van der Waals surface area contributed by atoms with Crippen molar-refractivity contribution in [2.75, 3.05) is 13.2 Å². The van der Waals surface area contributed by atoms with E-state index < -0.39 is 5.97 Å². The number of aliphatic hydroxyl groups is 1. The van der Waals surface area contributed by atoms with Crippen molar-refractivity contribution < 1.29 is 19.7 Å². The molecule has 0 saturated carbocycles. The maximum atomic E-state index is 10.7. The number of unbranched alkanes of at least 4 members (excludes halogenated alkanes) is 3. The highest BCUT2D eigenvalue weighted by atomic mass is 16.5. The molecule has 0 fully saturated rings. The summed E-state index contributed by atoms with van der Waals surface area (Å²) in [5.74, 6) is -0.229. The molecule has 0 amide bonds. The van der Waals surface area contributed by atoms with Gasteiger partial charge in [0.2, 0.25) is 0 Å². The van der Waals surface area contributed by atoms with Gasteiger partial charge >= 0.3 is 5.97 Å². The van der Waals surface area contributed by atoms with E-state index >= 15 is 0 Å². The predicted octanol–water partition coefficient (Wildman–Crippen LogP) is 2.87. The third-order valence-electron chi connectivity index (χ3n) is 2.66. The third-order valence-corrected chi connectivity index (χ3v) is 2.66. The first kappa shape index (κ1) is 15.2. The highest BCUT2D eigenvalue weighted by Crippen LogP contribution is 2.13. The van der Waals surface area contributed by atoms with Crippen LogP contribution in [0.2, 0.25) is 0 Å². The lowest BCUT2D eigenvalue weighted by molar-refractivity contribution is 0.0697. The monoisotopic (exact) mass is 264 g/mol.